The second kappa shape index (κ2) is 9.90. The molecule has 1 aromatic carbocycles. The molecule has 1 atom stereocenters. The van der Waals surface area contributed by atoms with Crippen LogP contribution in [0.4, 0.5) is 0 Å². The van der Waals surface area contributed by atoms with Crippen molar-refractivity contribution >= 4 is 5.91 Å². The molecule has 2 rings (SSSR count). The Balaban J connectivity index is 1.88. The Bertz CT molecular complexity index is 537. The number of amides is 1. The molecule has 0 radical (unpaired) electrons. The van der Waals surface area contributed by atoms with Gasteiger partial charge in [0.15, 0.2) is 0 Å². The minimum atomic E-state index is -0.479. The lowest BCUT2D eigenvalue weighted by Gasteiger charge is -2.32. The van der Waals surface area contributed by atoms with Crippen LogP contribution in [0.2, 0.25) is 0 Å². The first-order valence-electron chi connectivity index (χ1n) is 9.49. The molecule has 1 aliphatic heterocycles. The van der Waals surface area contributed by atoms with Gasteiger partial charge in [0, 0.05) is 44.8 Å². The van der Waals surface area contributed by atoms with Crippen molar-refractivity contribution < 1.29 is 9.90 Å². The van der Waals surface area contributed by atoms with Crippen molar-refractivity contribution in [3.8, 4) is 0 Å². The van der Waals surface area contributed by atoms with Gasteiger partial charge in [0.25, 0.3) is 5.91 Å². The van der Waals surface area contributed by atoms with E-state index in [0.717, 1.165) is 51.1 Å². The summed E-state index contributed by atoms with van der Waals surface area (Å²) >= 11 is 0. The van der Waals surface area contributed by atoms with Crippen molar-refractivity contribution in [3.63, 3.8) is 0 Å². The summed E-state index contributed by atoms with van der Waals surface area (Å²) in [6, 6.07) is 7.83. The van der Waals surface area contributed by atoms with Gasteiger partial charge in [0.05, 0.1) is 6.10 Å². The fourth-order valence-electron chi connectivity index (χ4n) is 3.37. The Hall–Kier alpha value is -1.43. The molecule has 1 aromatic rings. The number of hydrogen-bond donors (Lipinski definition) is 2. The number of hydrogen-bond acceptors (Lipinski definition) is 4. The smallest absolute Gasteiger partial charge is 0.251 e. The summed E-state index contributed by atoms with van der Waals surface area (Å²) in [5, 5.41) is 13.0. The largest absolute Gasteiger partial charge is 0.391 e. The number of nitrogens with zero attached hydrogens (tertiary/aromatic N) is 2. The van der Waals surface area contributed by atoms with E-state index < -0.39 is 6.10 Å². The second-order valence-corrected chi connectivity index (χ2v) is 7.13. The highest BCUT2D eigenvalue weighted by molar-refractivity contribution is 5.94. The number of piperazine rings is 1. The minimum absolute atomic E-state index is 0.106. The first kappa shape index (κ1) is 19.9. The van der Waals surface area contributed by atoms with Crippen LogP contribution in [0.3, 0.4) is 0 Å². The van der Waals surface area contributed by atoms with Gasteiger partial charge in [-0.25, -0.2) is 0 Å². The van der Waals surface area contributed by atoms with Crippen molar-refractivity contribution in [3.05, 3.63) is 35.4 Å². The summed E-state index contributed by atoms with van der Waals surface area (Å²) in [6.07, 6.45) is 1.37. The molecular formula is C20H33N3O2. The van der Waals surface area contributed by atoms with E-state index in [1.54, 1.807) is 0 Å². The number of rotatable bonds is 8. The van der Waals surface area contributed by atoms with Gasteiger partial charge < -0.3 is 15.3 Å². The molecule has 1 aliphatic rings. The third kappa shape index (κ3) is 6.10. The molecule has 140 valence electrons. The predicted molar refractivity (Wildman–Crippen MR) is 102 cm³/mol. The maximum Gasteiger partial charge on any atom is 0.251 e. The molecule has 0 spiro atoms. The average molecular weight is 348 g/mol. The van der Waals surface area contributed by atoms with Crippen molar-refractivity contribution in [2.24, 2.45) is 5.92 Å². The number of aliphatic hydroxyl groups excluding tert-OH is 1. The van der Waals surface area contributed by atoms with E-state index in [2.05, 4.69) is 42.1 Å². The van der Waals surface area contributed by atoms with Crippen molar-refractivity contribution in [1.29, 1.82) is 0 Å². The molecule has 1 heterocycles. The van der Waals surface area contributed by atoms with Crippen LogP contribution < -0.4 is 5.32 Å². The SMILES string of the molecule is CCC(CC)C(O)CNC(=O)c1cccc(CN2CCN(C)CC2)c1. The van der Waals surface area contributed by atoms with Crippen molar-refractivity contribution in [2.45, 2.75) is 39.3 Å². The fraction of sp³-hybridized carbons (Fsp3) is 0.650. The molecule has 1 amide bonds. The summed E-state index contributed by atoms with van der Waals surface area (Å²) in [5.74, 6) is 0.133. The lowest BCUT2D eigenvalue weighted by molar-refractivity contribution is 0.0816. The molecule has 25 heavy (non-hydrogen) atoms. The van der Waals surface area contributed by atoms with Gasteiger partial charge in [0.1, 0.15) is 0 Å². The fourth-order valence-corrected chi connectivity index (χ4v) is 3.37. The van der Waals surface area contributed by atoms with Crippen molar-refractivity contribution in [2.75, 3.05) is 39.8 Å². The van der Waals surface area contributed by atoms with Gasteiger partial charge >= 0.3 is 0 Å². The normalized spacial score (nSPS) is 17.6. The number of aliphatic hydroxyl groups is 1. The van der Waals surface area contributed by atoms with E-state index >= 15 is 0 Å². The van der Waals surface area contributed by atoms with Crippen LogP contribution in [0.15, 0.2) is 24.3 Å². The lowest BCUT2D eigenvalue weighted by Crippen LogP contribution is -2.43. The minimum Gasteiger partial charge on any atom is -0.391 e. The van der Waals surface area contributed by atoms with Crippen LogP contribution in [0.1, 0.15) is 42.6 Å². The number of carbonyl (C=O) groups excluding carboxylic acids is 1. The topological polar surface area (TPSA) is 55.8 Å². The molecule has 0 aromatic heterocycles. The van der Waals surface area contributed by atoms with Crippen LogP contribution in [0, 0.1) is 5.92 Å². The zero-order chi connectivity index (χ0) is 18.2. The van der Waals surface area contributed by atoms with Gasteiger partial charge in [-0.3, -0.25) is 9.69 Å². The highest BCUT2D eigenvalue weighted by Gasteiger charge is 2.17. The van der Waals surface area contributed by atoms with E-state index in [-0.39, 0.29) is 11.8 Å². The Kier molecular flexibility index (Phi) is 7.88. The van der Waals surface area contributed by atoms with E-state index in [1.807, 2.05) is 18.2 Å². The maximum absolute atomic E-state index is 12.4. The number of likely N-dealkylation sites (N-methyl/N-ethyl adjacent to an activating group) is 1. The molecule has 0 bridgehead atoms. The standard InChI is InChI=1S/C20H33N3O2/c1-4-17(5-2)19(24)14-21-20(25)18-8-6-7-16(13-18)15-23-11-9-22(3)10-12-23/h6-8,13,17,19,24H,4-5,9-12,14-15H2,1-3H3,(H,21,25). The zero-order valence-electron chi connectivity index (χ0n) is 15.9. The van der Waals surface area contributed by atoms with E-state index in [4.69, 9.17) is 0 Å². The monoisotopic (exact) mass is 347 g/mol. The first-order valence-corrected chi connectivity index (χ1v) is 9.49. The summed E-state index contributed by atoms with van der Waals surface area (Å²) < 4.78 is 0. The second-order valence-electron chi connectivity index (χ2n) is 7.13. The van der Waals surface area contributed by atoms with Crippen LogP contribution >= 0.6 is 0 Å². The van der Waals surface area contributed by atoms with E-state index in [9.17, 15) is 9.90 Å². The third-order valence-electron chi connectivity index (χ3n) is 5.26. The molecule has 2 N–H and O–H groups in total. The maximum atomic E-state index is 12.4. The van der Waals surface area contributed by atoms with Gasteiger partial charge in [-0.05, 0) is 30.7 Å². The summed E-state index contributed by atoms with van der Waals surface area (Å²) in [5.41, 5.74) is 1.83. The Morgan fingerprint density at radius 3 is 2.52 bits per heavy atom. The summed E-state index contributed by atoms with van der Waals surface area (Å²) in [4.78, 5) is 17.2. The molecule has 1 saturated heterocycles. The van der Waals surface area contributed by atoms with Crippen molar-refractivity contribution in [1.82, 2.24) is 15.1 Å². The highest BCUT2D eigenvalue weighted by atomic mass is 16.3. The van der Waals surface area contributed by atoms with Gasteiger partial charge in [0.2, 0.25) is 0 Å². The van der Waals surface area contributed by atoms with Crippen LogP contribution in [-0.4, -0.2) is 66.7 Å². The van der Waals surface area contributed by atoms with Gasteiger partial charge in [-0.15, -0.1) is 0 Å². The molecule has 0 saturated carbocycles. The molecule has 5 heteroatoms. The van der Waals surface area contributed by atoms with Crippen LogP contribution in [0.5, 0.6) is 0 Å². The van der Waals surface area contributed by atoms with Crippen LogP contribution in [-0.2, 0) is 6.54 Å². The van der Waals surface area contributed by atoms with E-state index in [1.165, 1.54) is 0 Å². The third-order valence-corrected chi connectivity index (χ3v) is 5.26. The Morgan fingerprint density at radius 1 is 1.20 bits per heavy atom. The first-order chi connectivity index (χ1) is 12.0. The molecule has 1 fully saturated rings. The number of nitrogens with one attached hydrogen (secondary N) is 1. The highest BCUT2D eigenvalue weighted by Crippen LogP contribution is 2.13. The zero-order valence-corrected chi connectivity index (χ0v) is 15.9. The van der Waals surface area contributed by atoms with Crippen LogP contribution in [0.25, 0.3) is 0 Å². The summed E-state index contributed by atoms with van der Waals surface area (Å²) in [6.45, 7) is 9.65. The number of benzene rings is 1. The quantitative estimate of drug-likeness (QED) is 0.755. The predicted octanol–water partition coefficient (Wildman–Crippen LogP) is 1.96. The molecule has 1 unspecified atom stereocenters. The average Bonchev–Trinajstić information content (AvgIpc) is 2.63. The molecule has 5 nitrogen and oxygen atoms in total. The number of carbonyl (C=O) groups is 1. The van der Waals surface area contributed by atoms with Gasteiger partial charge in [-0.1, -0.05) is 38.8 Å². The summed E-state index contributed by atoms with van der Waals surface area (Å²) in [7, 11) is 2.15. The van der Waals surface area contributed by atoms with E-state index in [0.29, 0.717) is 12.1 Å². The molecular weight excluding hydrogens is 314 g/mol. The molecule has 0 aliphatic carbocycles. The van der Waals surface area contributed by atoms with Gasteiger partial charge in [-0.2, -0.15) is 0 Å². The Labute approximate surface area is 152 Å². The lowest BCUT2D eigenvalue weighted by atomic mass is 9.96. The Morgan fingerprint density at radius 2 is 1.88 bits per heavy atom.